The number of halogens is 1. The van der Waals surface area contributed by atoms with Crippen molar-refractivity contribution in [2.24, 2.45) is 4.99 Å². The molecule has 0 aliphatic carbocycles. The second kappa shape index (κ2) is 7.86. The smallest absolute Gasteiger partial charge is 0.278 e. The van der Waals surface area contributed by atoms with E-state index in [1.807, 2.05) is 53.4 Å². The second-order valence-electron chi connectivity index (χ2n) is 6.83. The molecule has 5 heteroatoms. The summed E-state index contributed by atoms with van der Waals surface area (Å²) in [6, 6.07) is 20.2. The van der Waals surface area contributed by atoms with Gasteiger partial charge in [0.15, 0.2) is 0 Å². The fourth-order valence-corrected chi connectivity index (χ4v) is 3.89. The van der Waals surface area contributed by atoms with E-state index in [9.17, 15) is 4.79 Å². The predicted octanol–water partition coefficient (Wildman–Crippen LogP) is 5.37. The first-order valence-corrected chi connectivity index (χ1v) is 10.3. The van der Waals surface area contributed by atoms with Gasteiger partial charge in [-0.15, -0.1) is 0 Å². The van der Waals surface area contributed by atoms with Crippen LogP contribution in [0.4, 0.5) is 11.4 Å². The zero-order valence-corrected chi connectivity index (χ0v) is 17.6. The van der Waals surface area contributed by atoms with E-state index in [2.05, 4.69) is 46.8 Å². The summed E-state index contributed by atoms with van der Waals surface area (Å²) in [6.07, 6.45) is 0. The van der Waals surface area contributed by atoms with Crippen LogP contribution in [0.5, 0.6) is 0 Å². The maximum Gasteiger partial charge on any atom is 0.278 e. The third-order valence-corrected chi connectivity index (χ3v) is 5.66. The number of aliphatic imine (C=N–C) groups is 1. The van der Waals surface area contributed by atoms with Gasteiger partial charge in [-0.1, -0.05) is 60.1 Å². The molecule has 1 aliphatic heterocycles. The SMILES string of the molecule is CCN(CC)CN1C(=O)C(=Nc2ccc3ccccc3c2)c2cc(Br)ccc21. The molecule has 28 heavy (non-hydrogen) atoms. The Balaban J connectivity index is 1.78. The first-order valence-electron chi connectivity index (χ1n) is 9.52. The Labute approximate surface area is 173 Å². The van der Waals surface area contributed by atoms with E-state index in [1.165, 1.54) is 0 Å². The molecule has 0 saturated carbocycles. The molecular weight excluding hydrogens is 414 g/mol. The minimum atomic E-state index is -0.0480. The topological polar surface area (TPSA) is 35.9 Å². The number of rotatable bonds is 5. The van der Waals surface area contributed by atoms with Crippen LogP contribution < -0.4 is 4.90 Å². The zero-order valence-electron chi connectivity index (χ0n) is 16.0. The van der Waals surface area contributed by atoms with Crippen LogP contribution in [0.2, 0.25) is 0 Å². The largest absolute Gasteiger partial charge is 0.293 e. The van der Waals surface area contributed by atoms with Crippen molar-refractivity contribution in [3.05, 3.63) is 70.7 Å². The van der Waals surface area contributed by atoms with Gasteiger partial charge in [-0.25, -0.2) is 4.99 Å². The second-order valence-corrected chi connectivity index (χ2v) is 7.75. The molecule has 3 aromatic carbocycles. The minimum Gasteiger partial charge on any atom is -0.293 e. The zero-order chi connectivity index (χ0) is 19.7. The van der Waals surface area contributed by atoms with E-state index in [-0.39, 0.29) is 5.91 Å². The van der Waals surface area contributed by atoms with Crippen molar-refractivity contribution in [3.8, 4) is 0 Å². The molecule has 0 saturated heterocycles. The van der Waals surface area contributed by atoms with Crippen molar-refractivity contribution >= 4 is 49.7 Å². The Morgan fingerprint density at radius 2 is 1.71 bits per heavy atom. The van der Waals surface area contributed by atoms with Crippen LogP contribution in [0.1, 0.15) is 19.4 Å². The van der Waals surface area contributed by atoms with Crippen LogP contribution in [0.3, 0.4) is 0 Å². The van der Waals surface area contributed by atoms with Crippen LogP contribution in [-0.4, -0.2) is 36.3 Å². The fourth-order valence-electron chi connectivity index (χ4n) is 3.53. The van der Waals surface area contributed by atoms with Gasteiger partial charge in [0.05, 0.1) is 18.0 Å². The number of nitrogens with zero attached hydrogens (tertiary/aromatic N) is 3. The van der Waals surface area contributed by atoms with Crippen molar-refractivity contribution in [1.82, 2.24) is 4.90 Å². The molecule has 4 nitrogen and oxygen atoms in total. The summed E-state index contributed by atoms with van der Waals surface area (Å²) in [7, 11) is 0. The van der Waals surface area contributed by atoms with E-state index >= 15 is 0 Å². The van der Waals surface area contributed by atoms with Gasteiger partial charge in [0.25, 0.3) is 5.91 Å². The van der Waals surface area contributed by atoms with Crippen LogP contribution in [0.25, 0.3) is 10.8 Å². The number of hydrogen-bond donors (Lipinski definition) is 0. The highest BCUT2D eigenvalue weighted by Gasteiger charge is 2.34. The third kappa shape index (κ3) is 3.48. The van der Waals surface area contributed by atoms with Gasteiger partial charge < -0.3 is 0 Å². The number of carbonyl (C=O) groups is 1. The fraction of sp³-hybridized carbons (Fsp3) is 0.217. The Bertz CT molecular complexity index is 1070. The van der Waals surface area contributed by atoms with Gasteiger partial charge in [0, 0.05) is 10.0 Å². The molecule has 3 aromatic rings. The number of amides is 1. The number of benzene rings is 3. The van der Waals surface area contributed by atoms with E-state index in [4.69, 9.17) is 4.99 Å². The Morgan fingerprint density at radius 3 is 2.46 bits per heavy atom. The maximum absolute atomic E-state index is 13.3. The maximum atomic E-state index is 13.3. The van der Waals surface area contributed by atoms with Crippen LogP contribution in [0.15, 0.2) is 70.1 Å². The lowest BCUT2D eigenvalue weighted by atomic mass is 10.1. The van der Waals surface area contributed by atoms with Crippen LogP contribution >= 0.6 is 15.9 Å². The summed E-state index contributed by atoms with van der Waals surface area (Å²) < 4.78 is 0.940. The third-order valence-electron chi connectivity index (χ3n) is 5.16. The number of carbonyl (C=O) groups excluding carboxylic acids is 1. The normalized spacial score (nSPS) is 15.1. The molecule has 0 unspecified atom stereocenters. The molecule has 0 radical (unpaired) electrons. The first-order chi connectivity index (χ1) is 13.6. The number of hydrogen-bond acceptors (Lipinski definition) is 3. The van der Waals surface area contributed by atoms with Gasteiger partial charge in [-0.05, 0) is 54.2 Å². The summed E-state index contributed by atoms with van der Waals surface area (Å²) in [6.45, 7) is 6.57. The lowest BCUT2D eigenvalue weighted by Crippen LogP contribution is -2.41. The van der Waals surface area contributed by atoms with Crippen LogP contribution in [0, 0.1) is 0 Å². The summed E-state index contributed by atoms with van der Waals surface area (Å²) in [5.74, 6) is -0.0480. The lowest BCUT2D eigenvalue weighted by molar-refractivity contribution is -0.112. The van der Waals surface area contributed by atoms with Crippen molar-refractivity contribution < 1.29 is 4.79 Å². The molecule has 142 valence electrons. The number of anilines is 1. The van der Waals surface area contributed by atoms with Gasteiger partial charge in [-0.3, -0.25) is 14.6 Å². The average Bonchev–Trinajstić information content (AvgIpc) is 2.96. The quantitative estimate of drug-likeness (QED) is 0.539. The molecule has 0 N–H and O–H groups in total. The Morgan fingerprint density at radius 1 is 0.964 bits per heavy atom. The molecule has 1 aliphatic rings. The van der Waals surface area contributed by atoms with Gasteiger partial charge in [-0.2, -0.15) is 0 Å². The summed E-state index contributed by atoms with van der Waals surface area (Å²) in [5.41, 5.74) is 3.08. The Hall–Kier alpha value is -2.50. The standard InChI is InChI=1S/C23H22BrN3O/c1-3-26(4-2)15-27-21-12-10-18(24)14-20(21)22(23(27)28)25-19-11-9-16-7-5-6-8-17(16)13-19/h5-14H,3-4,15H2,1-2H3. The highest BCUT2D eigenvalue weighted by Crippen LogP contribution is 2.33. The molecule has 4 rings (SSSR count). The van der Waals surface area contributed by atoms with Crippen molar-refractivity contribution in [1.29, 1.82) is 0 Å². The lowest BCUT2D eigenvalue weighted by Gasteiger charge is -2.25. The Kier molecular flexibility index (Phi) is 5.29. The van der Waals surface area contributed by atoms with E-state index in [1.54, 1.807) is 0 Å². The van der Waals surface area contributed by atoms with Gasteiger partial charge >= 0.3 is 0 Å². The van der Waals surface area contributed by atoms with E-state index < -0.39 is 0 Å². The van der Waals surface area contributed by atoms with Crippen LogP contribution in [-0.2, 0) is 4.79 Å². The molecule has 0 fully saturated rings. The average molecular weight is 436 g/mol. The number of fused-ring (bicyclic) bond motifs is 2. The van der Waals surface area contributed by atoms with Gasteiger partial charge in [0.1, 0.15) is 5.71 Å². The highest BCUT2D eigenvalue weighted by atomic mass is 79.9. The molecule has 0 aromatic heterocycles. The molecule has 1 heterocycles. The van der Waals surface area contributed by atoms with Crippen molar-refractivity contribution in [2.45, 2.75) is 13.8 Å². The summed E-state index contributed by atoms with van der Waals surface area (Å²) in [4.78, 5) is 22.1. The minimum absolute atomic E-state index is 0.0480. The van der Waals surface area contributed by atoms with Crippen molar-refractivity contribution in [3.63, 3.8) is 0 Å². The molecule has 0 atom stereocenters. The molecule has 1 amide bonds. The molecule has 0 spiro atoms. The summed E-state index contributed by atoms with van der Waals surface area (Å²) >= 11 is 3.53. The van der Waals surface area contributed by atoms with Gasteiger partial charge in [0.2, 0.25) is 0 Å². The molecule has 0 bridgehead atoms. The first kappa shape index (κ1) is 18.8. The highest BCUT2D eigenvalue weighted by molar-refractivity contribution is 9.10. The monoisotopic (exact) mass is 435 g/mol. The van der Waals surface area contributed by atoms with Crippen molar-refractivity contribution in [2.75, 3.05) is 24.7 Å². The summed E-state index contributed by atoms with van der Waals surface area (Å²) in [5, 5.41) is 2.28. The van der Waals surface area contributed by atoms with E-state index in [0.717, 1.165) is 45.3 Å². The molecular formula is C23H22BrN3O. The predicted molar refractivity (Wildman–Crippen MR) is 120 cm³/mol. The van der Waals surface area contributed by atoms with E-state index in [0.29, 0.717) is 12.4 Å².